The molecule has 0 spiro atoms. The second-order valence-electron chi connectivity index (χ2n) is 3.40. The Kier molecular flexibility index (Phi) is 2.37. The quantitative estimate of drug-likeness (QED) is 0.824. The van der Waals surface area contributed by atoms with Crippen LogP contribution in [0.2, 0.25) is 0 Å². The van der Waals surface area contributed by atoms with Gasteiger partial charge in [-0.2, -0.15) is 0 Å². The standard InChI is InChI=1S/C10H12N2OS/c1-3-6(2)8-11-9(13)7-4-5-14-10(7)12-8/h4-6H,3H2,1-2H3,(H,11,12,13). The molecule has 0 saturated heterocycles. The average Bonchev–Trinajstić information content (AvgIpc) is 2.64. The van der Waals surface area contributed by atoms with Crippen LogP contribution in [-0.2, 0) is 0 Å². The van der Waals surface area contributed by atoms with Crippen LogP contribution in [0.15, 0.2) is 16.2 Å². The van der Waals surface area contributed by atoms with E-state index in [-0.39, 0.29) is 5.56 Å². The highest BCUT2D eigenvalue weighted by Crippen LogP contribution is 2.18. The molecule has 0 fully saturated rings. The average molecular weight is 208 g/mol. The van der Waals surface area contributed by atoms with Crippen LogP contribution in [0.1, 0.15) is 32.0 Å². The van der Waals surface area contributed by atoms with Crippen LogP contribution >= 0.6 is 11.3 Å². The maximum atomic E-state index is 11.6. The van der Waals surface area contributed by atoms with Crippen molar-refractivity contribution in [3.05, 3.63) is 27.6 Å². The third-order valence-electron chi connectivity index (χ3n) is 2.43. The molecular formula is C10H12N2OS. The molecule has 2 heterocycles. The zero-order valence-corrected chi connectivity index (χ0v) is 9.02. The van der Waals surface area contributed by atoms with Crippen LogP contribution in [0.25, 0.3) is 10.2 Å². The zero-order chi connectivity index (χ0) is 10.1. The molecule has 0 aliphatic heterocycles. The Balaban J connectivity index is 2.64. The van der Waals surface area contributed by atoms with Crippen molar-refractivity contribution in [3.8, 4) is 0 Å². The summed E-state index contributed by atoms with van der Waals surface area (Å²) in [7, 11) is 0. The highest BCUT2D eigenvalue weighted by atomic mass is 32.1. The molecule has 4 heteroatoms. The SMILES string of the molecule is CCC(C)c1nc2sccc2c(=O)[nH]1. The molecule has 3 nitrogen and oxygen atoms in total. The minimum absolute atomic E-state index is 0.0217. The zero-order valence-electron chi connectivity index (χ0n) is 8.20. The minimum atomic E-state index is -0.0217. The number of rotatable bonds is 2. The number of aromatic nitrogens is 2. The Hall–Kier alpha value is -1.16. The minimum Gasteiger partial charge on any atom is -0.310 e. The topological polar surface area (TPSA) is 45.8 Å². The number of fused-ring (bicyclic) bond motifs is 1. The summed E-state index contributed by atoms with van der Waals surface area (Å²) in [6.07, 6.45) is 0.986. The van der Waals surface area contributed by atoms with Gasteiger partial charge in [0.05, 0.1) is 5.39 Å². The Labute approximate surface area is 85.8 Å². The van der Waals surface area contributed by atoms with Gasteiger partial charge in [0.15, 0.2) is 0 Å². The van der Waals surface area contributed by atoms with Crippen LogP contribution in [0.5, 0.6) is 0 Å². The van der Waals surface area contributed by atoms with Gasteiger partial charge < -0.3 is 4.98 Å². The van der Waals surface area contributed by atoms with Gasteiger partial charge in [-0.05, 0) is 17.9 Å². The fraction of sp³-hybridized carbons (Fsp3) is 0.400. The first kappa shape index (κ1) is 9.40. The molecular weight excluding hydrogens is 196 g/mol. The van der Waals surface area contributed by atoms with Gasteiger partial charge in [0.1, 0.15) is 10.7 Å². The van der Waals surface area contributed by atoms with Crippen molar-refractivity contribution in [2.24, 2.45) is 0 Å². The summed E-state index contributed by atoms with van der Waals surface area (Å²) in [6.45, 7) is 4.15. The lowest BCUT2D eigenvalue weighted by Gasteiger charge is -2.06. The van der Waals surface area contributed by atoms with Gasteiger partial charge in [-0.1, -0.05) is 13.8 Å². The lowest BCUT2D eigenvalue weighted by Crippen LogP contribution is -2.12. The molecule has 0 bridgehead atoms. The lowest BCUT2D eigenvalue weighted by atomic mass is 10.1. The van der Waals surface area contributed by atoms with Crippen molar-refractivity contribution in [3.63, 3.8) is 0 Å². The summed E-state index contributed by atoms with van der Waals surface area (Å²) in [6, 6.07) is 1.81. The number of H-pyrrole nitrogens is 1. The van der Waals surface area contributed by atoms with Gasteiger partial charge in [-0.3, -0.25) is 4.79 Å². The second kappa shape index (κ2) is 3.53. The molecule has 1 unspecified atom stereocenters. The first-order valence-electron chi connectivity index (χ1n) is 4.69. The molecule has 2 aromatic heterocycles. The van der Waals surface area contributed by atoms with Crippen molar-refractivity contribution >= 4 is 21.6 Å². The molecule has 0 radical (unpaired) electrons. The van der Waals surface area contributed by atoms with Crippen LogP contribution in [0.4, 0.5) is 0 Å². The van der Waals surface area contributed by atoms with E-state index in [0.717, 1.165) is 17.1 Å². The largest absolute Gasteiger partial charge is 0.310 e. The molecule has 74 valence electrons. The monoisotopic (exact) mass is 208 g/mol. The Morgan fingerprint density at radius 1 is 1.64 bits per heavy atom. The van der Waals surface area contributed by atoms with E-state index in [1.165, 1.54) is 11.3 Å². The maximum absolute atomic E-state index is 11.6. The van der Waals surface area contributed by atoms with E-state index in [1.807, 2.05) is 11.4 Å². The highest BCUT2D eigenvalue weighted by Gasteiger charge is 2.09. The van der Waals surface area contributed by atoms with Crippen molar-refractivity contribution in [2.45, 2.75) is 26.2 Å². The summed E-state index contributed by atoms with van der Waals surface area (Å²) in [4.78, 5) is 19.7. The maximum Gasteiger partial charge on any atom is 0.259 e. The van der Waals surface area contributed by atoms with Crippen LogP contribution in [0, 0.1) is 0 Å². The van der Waals surface area contributed by atoms with Gasteiger partial charge >= 0.3 is 0 Å². The molecule has 1 N–H and O–H groups in total. The van der Waals surface area contributed by atoms with Crippen molar-refractivity contribution in [2.75, 3.05) is 0 Å². The van der Waals surface area contributed by atoms with Crippen molar-refractivity contribution < 1.29 is 0 Å². The first-order valence-corrected chi connectivity index (χ1v) is 5.57. The summed E-state index contributed by atoms with van der Waals surface area (Å²) >= 11 is 1.51. The van der Waals surface area contributed by atoms with Crippen molar-refractivity contribution in [1.82, 2.24) is 9.97 Å². The Morgan fingerprint density at radius 2 is 2.43 bits per heavy atom. The normalized spacial score (nSPS) is 13.3. The molecule has 2 rings (SSSR count). The van der Waals surface area contributed by atoms with Gasteiger partial charge in [-0.15, -0.1) is 11.3 Å². The Bertz CT molecular complexity index is 500. The number of nitrogens with zero attached hydrogens (tertiary/aromatic N) is 1. The van der Waals surface area contributed by atoms with Gasteiger partial charge in [-0.25, -0.2) is 4.98 Å². The summed E-state index contributed by atoms with van der Waals surface area (Å²) in [5, 5.41) is 2.59. The number of hydrogen-bond acceptors (Lipinski definition) is 3. The van der Waals surface area contributed by atoms with Crippen molar-refractivity contribution in [1.29, 1.82) is 0 Å². The predicted molar refractivity (Wildman–Crippen MR) is 58.9 cm³/mol. The molecule has 0 aliphatic rings. The number of nitrogens with one attached hydrogen (secondary N) is 1. The van der Waals surface area contributed by atoms with E-state index in [9.17, 15) is 4.79 Å². The first-order chi connectivity index (χ1) is 6.72. The van der Waals surface area contributed by atoms with Gasteiger partial charge in [0, 0.05) is 5.92 Å². The summed E-state index contributed by atoms with van der Waals surface area (Å²) in [5.41, 5.74) is -0.0217. The van der Waals surface area contributed by atoms with E-state index in [1.54, 1.807) is 0 Å². The smallest absolute Gasteiger partial charge is 0.259 e. The molecule has 2 aromatic rings. The fourth-order valence-electron chi connectivity index (χ4n) is 1.31. The van der Waals surface area contributed by atoms with E-state index in [2.05, 4.69) is 23.8 Å². The van der Waals surface area contributed by atoms with Gasteiger partial charge in [0.2, 0.25) is 0 Å². The molecule has 14 heavy (non-hydrogen) atoms. The highest BCUT2D eigenvalue weighted by molar-refractivity contribution is 7.16. The fourth-order valence-corrected chi connectivity index (χ4v) is 2.08. The summed E-state index contributed by atoms with van der Waals surface area (Å²) < 4.78 is 0. The van der Waals surface area contributed by atoms with E-state index < -0.39 is 0 Å². The molecule has 0 aliphatic carbocycles. The van der Waals surface area contributed by atoms with E-state index >= 15 is 0 Å². The van der Waals surface area contributed by atoms with Crippen LogP contribution in [0.3, 0.4) is 0 Å². The third kappa shape index (κ3) is 1.46. The number of aromatic amines is 1. The number of hydrogen-bond donors (Lipinski definition) is 1. The number of thiophene rings is 1. The van der Waals surface area contributed by atoms with Crippen LogP contribution < -0.4 is 5.56 Å². The molecule has 1 atom stereocenters. The van der Waals surface area contributed by atoms with Gasteiger partial charge in [0.25, 0.3) is 5.56 Å². The third-order valence-corrected chi connectivity index (χ3v) is 3.24. The molecule has 0 amide bonds. The van der Waals surface area contributed by atoms with Crippen LogP contribution in [-0.4, -0.2) is 9.97 Å². The lowest BCUT2D eigenvalue weighted by molar-refractivity contribution is 0.680. The van der Waals surface area contributed by atoms with E-state index in [4.69, 9.17) is 0 Å². The predicted octanol–water partition coefficient (Wildman–Crippen LogP) is 2.50. The molecule has 0 saturated carbocycles. The molecule has 0 aromatic carbocycles. The van der Waals surface area contributed by atoms with E-state index in [0.29, 0.717) is 11.3 Å². The second-order valence-corrected chi connectivity index (χ2v) is 4.29. The Morgan fingerprint density at radius 3 is 3.14 bits per heavy atom. The summed E-state index contributed by atoms with van der Waals surface area (Å²) in [5.74, 6) is 1.11.